The van der Waals surface area contributed by atoms with E-state index in [0.29, 0.717) is 10.8 Å². The van der Waals surface area contributed by atoms with Gasteiger partial charge in [0.05, 0.1) is 28.6 Å². The highest BCUT2D eigenvalue weighted by Gasteiger charge is 2.46. The number of piperidine rings is 1. The highest BCUT2D eigenvalue weighted by molar-refractivity contribution is 6.31. The predicted octanol–water partition coefficient (Wildman–Crippen LogP) is 2.52. The van der Waals surface area contributed by atoms with Crippen LogP contribution in [-0.4, -0.2) is 18.1 Å². The molecule has 5 heteroatoms. The lowest BCUT2D eigenvalue weighted by molar-refractivity contribution is 0.0171. The summed E-state index contributed by atoms with van der Waals surface area (Å²) in [5.41, 5.74) is 2.20. The first kappa shape index (κ1) is 12.5. The molecule has 0 atom stereocenters. The van der Waals surface area contributed by atoms with Crippen LogP contribution in [0.25, 0.3) is 5.76 Å². The van der Waals surface area contributed by atoms with Gasteiger partial charge in [-0.1, -0.05) is 11.6 Å². The fourth-order valence-corrected chi connectivity index (χ4v) is 2.92. The molecule has 1 spiro atoms. The Morgan fingerprint density at radius 1 is 1.53 bits per heavy atom. The summed E-state index contributed by atoms with van der Waals surface area (Å²) in [6.07, 6.45) is 3.15. The first-order valence-electron chi connectivity index (χ1n) is 6.34. The van der Waals surface area contributed by atoms with Crippen molar-refractivity contribution in [2.24, 2.45) is 0 Å². The third kappa shape index (κ3) is 1.90. The minimum absolute atomic E-state index is 0.390. The van der Waals surface area contributed by atoms with E-state index in [1.807, 2.05) is 19.1 Å². The molecule has 2 aliphatic heterocycles. The van der Waals surface area contributed by atoms with Gasteiger partial charge in [0.15, 0.2) is 5.60 Å². The Balaban J connectivity index is 2.18. The van der Waals surface area contributed by atoms with Crippen LogP contribution in [0.15, 0.2) is 12.1 Å². The molecule has 19 heavy (non-hydrogen) atoms. The Kier molecular flexibility index (Phi) is 2.96. The van der Waals surface area contributed by atoms with Gasteiger partial charge in [0, 0.05) is 18.4 Å². The maximum absolute atomic E-state index is 8.89. The minimum Gasteiger partial charge on any atom is -0.479 e. The number of ether oxygens (including phenoxy) is 1. The van der Waals surface area contributed by atoms with Crippen LogP contribution in [-0.2, 0) is 10.3 Å². The number of allylic oxidation sites excluding steroid dienone is 1. The number of rotatable bonds is 0. The van der Waals surface area contributed by atoms with Crippen molar-refractivity contribution in [2.45, 2.75) is 25.4 Å². The molecule has 0 amide bonds. The summed E-state index contributed by atoms with van der Waals surface area (Å²) in [6, 6.07) is 3.89. The Morgan fingerprint density at radius 3 is 2.95 bits per heavy atom. The van der Waals surface area contributed by atoms with Gasteiger partial charge < -0.3 is 10.1 Å². The molecule has 0 bridgehead atoms. The molecule has 1 aromatic heterocycles. The molecule has 3 rings (SSSR count). The van der Waals surface area contributed by atoms with Crippen molar-refractivity contribution < 1.29 is 4.74 Å². The maximum Gasteiger partial charge on any atom is 0.154 e. The summed E-state index contributed by atoms with van der Waals surface area (Å²) in [5, 5.41) is 12.8. The highest BCUT2D eigenvalue weighted by atomic mass is 35.5. The lowest BCUT2D eigenvalue weighted by atomic mass is 9.88. The van der Waals surface area contributed by atoms with Crippen molar-refractivity contribution in [3.05, 3.63) is 34.1 Å². The summed E-state index contributed by atoms with van der Waals surface area (Å²) < 4.78 is 6.09. The molecule has 0 aromatic carbocycles. The zero-order valence-corrected chi connectivity index (χ0v) is 11.4. The molecule has 4 nitrogen and oxygen atoms in total. The molecule has 0 saturated carbocycles. The van der Waals surface area contributed by atoms with Crippen molar-refractivity contribution in [3.8, 4) is 6.07 Å². The fourth-order valence-electron chi connectivity index (χ4n) is 2.77. The second-order valence-corrected chi connectivity index (χ2v) is 5.34. The lowest BCUT2D eigenvalue weighted by Gasteiger charge is -2.33. The molecule has 3 heterocycles. The molecule has 1 saturated heterocycles. The molecular formula is C14H14ClN3O. The van der Waals surface area contributed by atoms with Gasteiger partial charge in [0.2, 0.25) is 0 Å². The zero-order chi connectivity index (χ0) is 13.5. The Bertz CT molecular complexity index is 597. The van der Waals surface area contributed by atoms with Crippen LogP contribution < -0.4 is 5.32 Å². The van der Waals surface area contributed by atoms with E-state index in [1.165, 1.54) is 6.08 Å². The molecule has 0 unspecified atom stereocenters. The Morgan fingerprint density at radius 2 is 2.26 bits per heavy atom. The molecule has 0 aliphatic carbocycles. The minimum atomic E-state index is -0.390. The molecule has 1 aromatic rings. The Labute approximate surface area is 117 Å². The summed E-state index contributed by atoms with van der Waals surface area (Å²) >= 11 is 6.14. The van der Waals surface area contributed by atoms with E-state index in [-0.39, 0.29) is 0 Å². The molecule has 0 radical (unpaired) electrons. The van der Waals surface area contributed by atoms with Gasteiger partial charge in [0.25, 0.3) is 0 Å². The van der Waals surface area contributed by atoms with Crippen LogP contribution >= 0.6 is 11.6 Å². The number of pyridine rings is 1. The first-order valence-corrected chi connectivity index (χ1v) is 6.71. The van der Waals surface area contributed by atoms with Crippen LogP contribution in [0, 0.1) is 18.3 Å². The van der Waals surface area contributed by atoms with Gasteiger partial charge in [-0.25, -0.2) is 0 Å². The van der Waals surface area contributed by atoms with Gasteiger partial charge >= 0.3 is 0 Å². The van der Waals surface area contributed by atoms with Crippen molar-refractivity contribution in [1.82, 2.24) is 10.3 Å². The van der Waals surface area contributed by atoms with Gasteiger partial charge in [-0.3, -0.25) is 4.98 Å². The molecule has 98 valence electrons. The van der Waals surface area contributed by atoms with Gasteiger partial charge in [-0.15, -0.1) is 0 Å². The number of nitrogens with zero attached hydrogens (tertiary/aromatic N) is 2. The number of fused-ring (bicyclic) bond motifs is 2. The first-order chi connectivity index (χ1) is 9.16. The smallest absolute Gasteiger partial charge is 0.154 e. The number of nitriles is 1. The standard InChI is InChI=1S/C14H14ClN3O/c1-9-11(15)8-10-12(2-5-16)19-14(13(10)18-9)3-6-17-7-4-14/h2,8,17H,3-4,6-7H2,1H3/b12-2-. The third-order valence-electron chi connectivity index (χ3n) is 3.76. The third-order valence-corrected chi connectivity index (χ3v) is 4.14. The van der Waals surface area contributed by atoms with E-state index in [1.54, 1.807) is 0 Å². The van der Waals surface area contributed by atoms with Gasteiger partial charge in [-0.05, 0) is 26.1 Å². The zero-order valence-electron chi connectivity index (χ0n) is 10.7. The van der Waals surface area contributed by atoms with Crippen molar-refractivity contribution in [1.29, 1.82) is 5.26 Å². The fraction of sp³-hybridized carbons (Fsp3) is 0.429. The van der Waals surface area contributed by atoms with Crippen molar-refractivity contribution in [3.63, 3.8) is 0 Å². The number of aromatic nitrogens is 1. The predicted molar refractivity (Wildman–Crippen MR) is 72.4 cm³/mol. The van der Waals surface area contributed by atoms with E-state index in [4.69, 9.17) is 21.6 Å². The average Bonchev–Trinajstić information content (AvgIpc) is 2.66. The van der Waals surface area contributed by atoms with Gasteiger partial charge in [0.1, 0.15) is 5.76 Å². The quantitative estimate of drug-likeness (QED) is 0.739. The monoisotopic (exact) mass is 275 g/mol. The van der Waals surface area contributed by atoms with E-state index in [2.05, 4.69) is 10.3 Å². The summed E-state index contributed by atoms with van der Waals surface area (Å²) in [4.78, 5) is 4.63. The number of halogens is 1. The normalized spacial score (nSPS) is 22.1. The number of aryl methyl sites for hydroxylation is 1. The molecule has 1 N–H and O–H groups in total. The van der Waals surface area contributed by atoms with Crippen molar-refractivity contribution >= 4 is 17.4 Å². The average molecular weight is 276 g/mol. The number of nitrogens with one attached hydrogen (secondary N) is 1. The second kappa shape index (κ2) is 4.52. The van der Waals surface area contributed by atoms with Crippen molar-refractivity contribution in [2.75, 3.05) is 13.1 Å². The van der Waals surface area contributed by atoms with Crippen LogP contribution in [0.1, 0.15) is 29.8 Å². The summed E-state index contributed by atoms with van der Waals surface area (Å²) in [5.74, 6) is 0.591. The van der Waals surface area contributed by atoms with E-state index >= 15 is 0 Å². The topological polar surface area (TPSA) is 57.9 Å². The lowest BCUT2D eigenvalue weighted by Crippen LogP contribution is -2.40. The van der Waals surface area contributed by atoms with Crippen LogP contribution in [0.5, 0.6) is 0 Å². The van der Waals surface area contributed by atoms with E-state index in [9.17, 15) is 0 Å². The molecule has 1 fully saturated rings. The second-order valence-electron chi connectivity index (χ2n) is 4.94. The summed E-state index contributed by atoms with van der Waals surface area (Å²) in [6.45, 7) is 3.68. The van der Waals surface area contributed by atoms with Crippen LogP contribution in [0.2, 0.25) is 5.02 Å². The van der Waals surface area contributed by atoms with Crippen LogP contribution in [0.4, 0.5) is 0 Å². The largest absolute Gasteiger partial charge is 0.479 e. The number of hydrogen-bond acceptors (Lipinski definition) is 4. The highest BCUT2D eigenvalue weighted by Crippen LogP contribution is 2.47. The maximum atomic E-state index is 8.89. The van der Waals surface area contributed by atoms with Crippen LogP contribution in [0.3, 0.4) is 0 Å². The van der Waals surface area contributed by atoms with Gasteiger partial charge in [-0.2, -0.15) is 5.26 Å². The molecular weight excluding hydrogens is 262 g/mol. The summed E-state index contributed by atoms with van der Waals surface area (Å²) in [7, 11) is 0. The number of hydrogen-bond donors (Lipinski definition) is 1. The van der Waals surface area contributed by atoms with E-state index < -0.39 is 5.60 Å². The van der Waals surface area contributed by atoms with E-state index in [0.717, 1.165) is 42.9 Å². The SMILES string of the molecule is Cc1nc2c(cc1Cl)/C(=C/C#N)OC21CCNCC1. The Hall–Kier alpha value is -1.57. The molecule has 2 aliphatic rings.